The Kier molecular flexibility index (Phi) is 5.08. The highest BCUT2D eigenvalue weighted by molar-refractivity contribution is 5.56. The Morgan fingerprint density at radius 2 is 2.04 bits per heavy atom. The largest absolute Gasteiger partial charge is 0.489 e. The van der Waals surface area contributed by atoms with Gasteiger partial charge in [-0.05, 0) is 31.0 Å². The van der Waals surface area contributed by atoms with Crippen LogP contribution in [0, 0.1) is 11.6 Å². The third-order valence-corrected chi connectivity index (χ3v) is 3.82. The van der Waals surface area contributed by atoms with Gasteiger partial charge in [0.25, 0.3) is 0 Å². The summed E-state index contributed by atoms with van der Waals surface area (Å²) >= 11 is 0. The number of nitrogens with one attached hydrogen (secondary N) is 1. The maximum atomic E-state index is 13.7. The lowest BCUT2D eigenvalue weighted by Crippen LogP contribution is -2.17. The standard InChI is InChI=1S/C18H19F2NO2/c19-14-7-8-18(23-12-15-5-3-9-22-15)17(10-14)21-11-13-4-1-2-6-16(13)20/h1-2,4,6-8,10,15,21H,3,5,9,11-12H2. The van der Waals surface area contributed by atoms with E-state index in [-0.39, 0.29) is 24.3 Å². The van der Waals surface area contributed by atoms with Crippen molar-refractivity contribution in [3.63, 3.8) is 0 Å². The maximum absolute atomic E-state index is 13.7. The lowest BCUT2D eigenvalue weighted by Gasteiger charge is -2.16. The Balaban J connectivity index is 1.67. The molecule has 1 atom stereocenters. The summed E-state index contributed by atoms with van der Waals surface area (Å²) in [6, 6.07) is 10.8. The number of benzene rings is 2. The summed E-state index contributed by atoms with van der Waals surface area (Å²) in [5, 5.41) is 3.04. The fourth-order valence-electron chi connectivity index (χ4n) is 2.56. The molecule has 1 fully saturated rings. The van der Waals surface area contributed by atoms with Gasteiger partial charge in [-0.15, -0.1) is 0 Å². The van der Waals surface area contributed by atoms with E-state index in [1.54, 1.807) is 24.3 Å². The van der Waals surface area contributed by atoms with Crippen LogP contribution in [-0.2, 0) is 11.3 Å². The van der Waals surface area contributed by atoms with Gasteiger partial charge in [0.1, 0.15) is 24.0 Å². The van der Waals surface area contributed by atoms with E-state index >= 15 is 0 Å². The van der Waals surface area contributed by atoms with E-state index in [2.05, 4.69) is 5.32 Å². The zero-order chi connectivity index (χ0) is 16.1. The van der Waals surface area contributed by atoms with Crippen LogP contribution in [0.15, 0.2) is 42.5 Å². The molecule has 0 aromatic heterocycles. The first-order valence-electron chi connectivity index (χ1n) is 7.73. The minimum Gasteiger partial charge on any atom is -0.489 e. The van der Waals surface area contributed by atoms with Gasteiger partial charge in [-0.3, -0.25) is 0 Å². The van der Waals surface area contributed by atoms with Gasteiger partial charge in [-0.2, -0.15) is 0 Å². The Morgan fingerprint density at radius 1 is 1.17 bits per heavy atom. The fraction of sp³-hybridized carbons (Fsp3) is 0.333. The van der Waals surface area contributed by atoms with Gasteiger partial charge in [0.05, 0.1) is 11.8 Å². The first kappa shape index (κ1) is 15.7. The van der Waals surface area contributed by atoms with E-state index in [9.17, 15) is 8.78 Å². The average Bonchev–Trinajstić information content (AvgIpc) is 3.07. The van der Waals surface area contributed by atoms with Crippen LogP contribution < -0.4 is 10.1 Å². The van der Waals surface area contributed by atoms with Crippen molar-refractivity contribution in [2.45, 2.75) is 25.5 Å². The molecule has 0 amide bonds. The van der Waals surface area contributed by atoms with Crippen LogP contribution in [0.4, 0.5) is 14.5 Å². The van der Waals surface area contributed by atoms with Crippen molar-refractivity contribution in [3.8, 4) is 5.75 Å². The minimum absolute atomic E-state index is 0.0828. The molecular weight excluding hydrogens is 300 g/mol. The normalized spacial score (nSPS) is 17.2. The molecular formula is C18H19F2NO2. The van der Waals surface area contributed by atoms with Gasteiger partial charge in [-0.1, -0.05) is 18.2 Å². The summed E-state index contributed by atoms with van der Waals surface area (Å²) in [7, 11) is 0. The number of hydrogen-bond donors (Lipinski definition) is 1. The zero-order valence-corrected chi connectivity index (χ0v) is 12.7. The summed E-state index contributed by atoms with van der Waals surface area (Å²) in [6.45, 7) is 1.45. The topological polar surface area (TPSA) is 30.5 Å². The molecule has 2 aromatic rings. The van der Waals surface area contributed by atoms with Gasteiger partial charge in [0.15, 0.2) is 0 Å². The summed E-state index contributed by atoms with van der Waals surface area (Å²) in [5.41, 5.74) is 1.02. The summed E-state index contributed by atoms with van der Waals surface area (Å²) in [5.74, 6) is -0.123. The van der Waals surface area contributed by atoms with Gasteiger partial charge < -0.3 is 14.8 Å². The van der Waals surface area contributed by atoms with Gasteiger partial charge in [-0.25, -0.2) is 8.78 Å². The second-order valence-corrected chi connectivity index (χ2v) is 5.53. The summed E-state index contributed by atoms with van der Waals surface area (Å²) < 4.78 is 38.4. The molecule has 5 heteroatoms. The molecule has 1 heterocycles. The molecule has 23 heavy (non-hydrogen) atoms. The van der Waals surface area contributed by atoms with E-state index in [4.69, 9.17) is 9.47 Å². The van der Waals surface area contributed by atoms with E-state index < -0.39 is 0 Å². The molecule has 1 aliphatic rings. The van der Waals surface area contributed by atoms with Crippen molar-refractivity contribution in [3.05, 3.63) is 59.7 Å². The average molecular weight is 319 g/mol. The Bertz CT molecular complexity index is 657. The third kappa shape index (κ3) is 4.20. The number of ether oxygens (including phenoxy) is 2. The molecule has 0 bridgehead atoms. The molecule has 0 saturated carbocycles. The van der Waals surface area contributed by atoms with Gasteiger partial charge in [0.2, 0.25) is 0 Å². The summed E-state index contributed by atoms with van der Waals surface area (Å²) in [6.07, 6.45) is 2.09. The third-order valence-electron chi connectivity index (χ3n) is 3.82. The highest BCUT2D eigenvalue weighted by Gasteiger charge is 2.17. The molecule has 3 nitrogen and oxygen atoms in total. The van der Waals surface area contributed by atoms with Gasteiger partial charge in [0, 0.05) is 24.8 Å². The second kappa shape index (κ2) is 7.42. The van der Waals surface area contributed by atoms with Crippen molar-refractivity contribution < 1.29 is 18.3 Å². The lowest BCUT2D eigenvalue weighted by atomic mass is 10.2. The second-order valence-electron chi connectivity index (χ2n) is 5.53. The number of rotatable bonds is 6. The predicted molar refractivity (Wildman–Crippen MR) is 84.6 cm³/mol. The number of hydrogen-bond acceptors (Lipinski definition) is 3. The molecule has 3 rings (SSSR count). The first-order chi connectivity index (χ1) is 11.2. The molecule has 0 radical (unpaired) electrons. The van der Waals surface area contributed by atoms with Gasteiger partial charge >= 0.3 is 0 Å². The predicted octanol–water partition coefficient (Wildman–Crippen LogP) is 4.13. The van der Waals surface area contributed by atoms with Crippen molar-refractivity contribution in [2.75, 3.05) is 18.5 Å². The van der Waals surface area contributed by atoms with Crippen molar-refractivity contribution in [1.29, 1.82) is 0 Å². The smallest absolute Gasteiger partial charge is 0.142 e. The molecule has 0 spiro atoms. The lowest BCUT2D eigenvalue weighted by molar-refractivity contribution is 0.0682. The van der Waals surface area contributed by atoms with Crippen LogP contribution in [0.1, 0.15) is 18.4 Å². The fourth-order valence-corrected chi connectivity index (χ4v) is 2.56. The molecule has 1 aliphatic heterocycles. The van der Waals surface area contributed by atoms with Crippen LogP contribution >= 0.6 is 0 Å². The van der Waals surface area contributed by atoms with Crippen molar-refractivity contribution >= 4 is 5.69 Å². The van der Waals surface area contributed by atoms with Crippen LogP contribution in [0.2, 0.25) is 0 Å². The Morgan fingerprint density at radius 3 is 2.83 bits per heavy atom. The van der Waals surface area contributed by atoms with Crippen molar-refractivity contribution in [1.82, 2.24) is 0 Å². The minimum atomic E-state index is -0.370. The zero-order valence-electron chi connectivity index (χ0n) is 12.7. The molecule has 1 N–H and O–H groups in total. The quantitative estimate of drug-likeness (QED) is 0.868. The first-order valence-corrected chi connectivity index (χ1v) is 7.73. The number of anilines is 1. The van der Waals surface area contributed by atoms with E-state index in [1.165, 1.54) is 18.2 Å². The van der Waals surface area contributed by atoms with Crippen LogP contribution in [0.3, 0.4) is 0 Å². The van der Waals surface area contributed by atoms with Crippen molar-refractivity contribution in [2.24, 2.45) is 0 Å². The monoisotopic (exact) mass is 319 g/mol. The molecule has 122 valence electrons. The number of halogens is 2. The highest BCUT2D eigenvalue weighted by atomic mass is 19.1. The van der Waals surface area contributed by atoms with E-state index in [0.29, 0.717) is 23.6 Å². The van der Waals surface area contributed by atoms with Crippen LogP contribution in [0.25, 0.3) is 0 Å². The SMILES string of the molecule is Fc1ccc(OCC2CCCO2)c(NCc2ccccc2F)c1. The molecule has 1 saturated heterocycles. The Hall–Kier alpha value is -2.14. The van der Waals surface area contributed by atoms with E-state index in [0.717, 1.165) is 19.4 Å². The maximum Gasteiger partial charge on any atom is 0.142 e. The Labute approximate surface area is 134 Å². The van der Waals surface area contributed by atoms with E-state index in [1.807, 2.05) is 0 Å². The molecule has 2 aromatic carbocycles. The van der Waals surface area contributed by atoms with Crippen LogP contribution in [-0.4, -0.2) is 19.3 Å². The highest BCUT2D eigenvalue weighted by Crippen LogP contribution is 2.27. The summed E-state index contributed by atoms with van der Waals surface area (Å²) in [4.78, 5) is 0. The van der Waals surface area contributed by atoms with Crippen LogP contribution in [0.5, 0.6) is 5.75 Å². The molecule has 0 aliphatic carbocycles. The molecule has 1 unspecified atom stereocenters.